The number of benzene rings is 2. The summed E-state index contributed by atoms with van der Waals surface area (Å²) in [6, 6.07) is 15.8. The Morgan fingerprint density at radius 2 is 1.78 bits per heavy atom. The maximum Gasteiger partial charge on any atom is 0.249 e. The molecule has 1 unspecified atom stereocenters. The van der Waals surface area contributed by atoms with E-state index in [2.05, 4.69) is 5.32 Å². The van der Waals surface area contributed by atoms with Gasteiger partial charge >= 0.3 is 0 Å². The molecule has 2 rings (SSSR count). The third-order valence-corrected chi connectivity index (χ3v) is 3.91. The van der Waals surface area contributed by atoms with Crippen molar-refractivity contribution in [2.24, 2.45) is 0 Å². The van der Waals surface area contributed by atoms with E-state index in [0.29, 0.717) is 12.8 Å². The number of aliphatic hydroxyl groups excluding tert-OH is 1. The van der Waals surface area contributed by atoms with Gasteiger partial charge in [-0.3, -0.25) is 4.79 Å². The van der Waals surface area contributed by atoms with Gasteiger partial charge in [0, 0.05) is 16.6 Å². The van der Waals surface area contributed by atoms with Crippen LogP contribution in [0.4, 0.5) is 0 Å². The first kappa shape index (κ1) is 17.5. The molecular formula is C19H22ClNO2. The van der Waals surface area contributed by atoms with Gasteiger partial charge in [0.05, 0.1) is 0 Å². The van der Waals surface area contributed by atoms with Gasteiger partial charge in [-0.1, -0.05) is 54.1 Å². The molecule has 0 fully saturated rings. The lowest BCUT2D eigenvalue weighted by atomic mass is 10.0. The Labute approximate surface area is 142 Å². The molecule has 0 aromatic heterocycles. The number of hydrogen-bond acceptors (Lipinski definition) is 2. The first-order valence-corrected chi connectivity index (χ1v) is 8.17. The van der Waals surface area contributed by atoms with Crippen molar-refractivity contribution in [3.63, 3.8) is 0 Å². The number of nitrogens with one attached hydrogen (secondary N) is 1. The van der Waals surface area contributed by atoms with Crippen LogP contribution in [0.15, 0.2) is 48.5 Å². The topological polar surface area (TPSA) is 49.3 Å². The van der Waals surface area contributed by atoms with Crippen molar-refractivity contribution < 1.29 is 9.90 Å². The van der Waals surface area contributed by atoms with E-state index in [-0.39, 0.29) is 11.9 Å². The molecule has 2 N–H and O–H groups in total. The lowest BCUT2D eigenvalue weighted by Crippen LogP contribution is -2.38. The van der Waals surface area contributed by atoms with Gasteiger partial charge in [0.1, 0.15) is 6.10 Å². The Morgan fingerprint density at radius 3 is 2.39 bits per heavy atom. The number of halogens is 1. The summed E-state index contributed by atoms with van der Waals surface area (Å²) in [6.45, 7) is 3.75. The summed E-state index contributed by atoms with van der Waals surface area (Å²) in [4.78, 5) is 11.7. The molecule has 2 aromatic rings. The lowest BCUT2D eigenvalue weighted by Gasteiger charge is -2.13. The van der Waals surface area contributed by atoms with Crippen LogP contribution >= 0.6 is 11.6 Å². The number of hydrogen-bond donors (Lipinski definition) is 2. The molecule has 0 heterocycles. The maximum absolute atomic E-state index is 11.7. The lowest BCUT2D eigenvalue weighted by molar-refractivity contribution is -0.130. The van der Waals surface area contributed by atoms with Crippen LogP contribution in [0.1, 0.15) is 25.8 Å². The van der Waals surface area contributed by atoms with Gasteiger partial charge in [-0.25, -0.2) is 0 Å². The Kier molecular flexibility index (Phi) is 6.20. The summed E-state index contributed by atoms with van der Waals surface area (Å²) < 4.78 is 0. The molecule has 23 heavy (non-hydrogen) atoms. The average molecular weight is 332 g/mol. The molecule has 0 aliphatic rings. The summed E-state index contributed by atoms with van der Waals surface area (Å²) in [5.41, 5.74) is 3.13. The maximum atomic E-state index is 11.7. The highest BCUT2D eigenvalue weighted by Crippen LogP contribution is 2.27. The Bertz CT molecular complexity index is 653. The van der Waals surface area contributed by atoms with Crippen LogP contribution in [-0.2, 0) is 11.2 Å². The van der Waals surface area contributed by atoms with Crippen LogP contribution in [0.2, 0.25) is 5.02 Å². The van der Waals surface area contributed by atoms with Crippen molar-refractivity contribution in [3.8, 4) is 11.1 Å². The summed E-state index contributed by atoms with van der Waals surface area (Å²) in [5.74, 6) is -0.312. The molecule has 1 amide bonds. The molecule has 122 valence electrons. The molecule has 0 radical (unpaired) electrons. The molecule has 0 bridgehead atoms. The number of carbonyl (C=O) groups is 1. The minimum atomic E-state index is -0.972. The van der Waals surface area contributed by atoms with E-state index in [1.54, 1.807) is 0 Å². The number of rotatable bonds is 6. The number of aryl methyl sites for hydroxylation is 1. The van der Waals surface area contributed by atoms with E-state index in [0.717, 1.165) is 21.7 Å². The molecule has 0 aliphatic heterocycles. The predicted molar refractivity (Wildman–Crippen MR) is 94.5 cm³/mol. The van der Waals surface area contributed by atoms with Gasteiger partial charge in [-0.05, 0) is 43.9 Å². The zero-order valence-electron chi connectivity index (χ0n) is 13.4. The van der Waals surface area contributed by atoms with Gasteiger partial charge < -0.3 is 10.4 Å². The van der Waals surface area contributed by atoms with E-state index in [4.69, 9.17) is 11.6 Å². The average Bonchev–Trinajstić information content (AvgIpc) is 2.53. The standard InChI is InChI=1S/C19H22ClNO2/c1-13(2)21-19(23)18(22)12-9-14-7-10-15(11-8-14)16-5-3-4-6-17(16)20/h3-8,10-11,13,18,22H,9,12H2,1-2H3,(H,21,23). The predicted octanol–water partition coefficient (Wildman–Crippen LogP) is 3.83. The molecule has 3 nitrogen and oxygen atoms in total. The zero-order valence-corrected chi connectivity index (χ0v) is 14.2. The van der Waals surface area contributed by atoms with Crippen molar-refractivity contribution in [1.29, 1.82) is 0 Å². The van der Waals surface area contributed by atoms with Crippen LogP contribution in [0.5, 0.6) is 0 Å². The molecule has 1 atom stereocenters. The quantitative estimate of drug-likeness (QED) is 0.845. The minimum absolute atomic E-state index is 0.0343. The smallest absolute Gasteiger partial charge is 0.249 e. The molecular weight excluding hydrogens is 310 g/mol. The highest BCUT2D eigenvalue weighted by Gasteiger charge is 2.15. The Hall–Kier alpha value is -1.84. The van der Waals surface area contributed by atoms with E-state index in [1.807, 2.05) is 62.4 Å². The third-order valence-electron chi connectivity index (χ3n) is 3.58. The Balaban J connectivity index is 1.96. The van der Waals surface area contributed by atoms with Crippen molar-refractivity contribution in [2.45, 2.75) is 38.8 Å². The number of carbonyl (C=O) groups excluding carboxylic acids is 1. The summed E-state index contributed by atoms with van der Waals surface area (Å²) in [5, 5.41) is 13.3. The fourth-order valence-electron chi connectivity index (χ4n) is 2.36. The second kappa shape index (κ2) is 8.14. The van der Waals surface area contributed by atoms with Gasteiger partial charge in [0.25, 0.3) is 0 Å². The summed E-state index contributed by atoms with van der Waals surface area (Å²) in [7, 11) is 0. The van der Waals surface area contributed by atoms with Crippen LogP contribution in [-0.4, -0.2) is 23.2 Å². The first-order valence-electron chi connectivity index (χ1n) is 7.79. The van der Waals surface area contributed by atoms with Crippen LogP contribution in [0.3, 0.4) is 0 Å². The molecule has 0 aliphatic carbocycles. The van der Waals surface area contributed by atoms with Crippen LogP contribution < -0.4 is 5.32 Å². The highest BCUT2D eigenvalue weighted by molar-refractivity contribution is 6.33. The fourth-order valence-corrected chi connectivity index (χ4v) is 2.61. The molecule has 2 aromatic carbocycles. The third kappa shape index (κ3) is 5.08. The highest BCUT2D eigenvalue weighted by atomic mass is 35.5. The van der Waals surface area contributed by atoms with Gasteiger partial charge in [0.15, 0.2) is 0 Å². The molecule has 4 heteroatoms. The van der Waals surface area contributed by atoms with E-state index in [9.17, 15) is 9.90 Å². The molecule has 0 saturated heterocycles. The van der Waals surface area contributed by atoms with Crippen molar-refractivity contribution in [1.82, 2.24) is 5.32 Å². The normalized spacial score (nSPS) is 12.2. The minimum Gasteiger partial charge on any atom is -0.383 e. The van der Waals surface area contributed by atoms with E-state index in [1.165, 1.54) is 0 Å². The summed E-state index contributed by atoms with van der Waals surface area (Å²) in [6.07, 6.45) is 0.0834. The van der Waals surface area contributed by atoms with E-state index < -0.39 is 6.10 Å². The van der Waals surface area contributed by atoms with Crippen molar-refractivity contribution in [2.75, 3.05) is 0 Å². The Morgan fingerprint density at radius 1 is 1.13 bits per heavy atom. The second-order valence-corrected chi connectivity index (χ2v) is 6.30. The van der Waals surface area contributed by atoms with Crippen molar-refractivity contribution in [3.05, 3.63) is 59.1 Å². The van der Waals surface area contributed by atoms with Gasteiger partial charge in [-0.2, -0.15) is 0 Å². The van der Waals surface area contributed by atoms with Crippen molar-refractivity contribution >= 4 is 17.5 Å². The summed E-state index contributed by atoms with van der Waals surface area (Å²) >= 11 is 6.20. The number of amides is 1. The van der Waals surface area contributed by atoms with E-state index >= 15 is 0 Å². The SMILES string of the molecule is CC(C)NC(=O)C(O)CCc1ccc(-c2ccccc2Cl)cc1. The first-order chi connectivity index (χ1) is 11.0. The van der Waals surface area contributed by atoms with Gasteiger partial charge in [-0.15, -0.1) is 0 Å². The monoisotopic (exact) mass is 331 g/mol. The largest absolute Gasteiger partial charge is 0.383 e. The second-order valence-electron chi connectivity index (χ2n) is 5.89. The zero-order chi connectivity index (χ0) is 16.8. The van der Waals surface area contributed by atoms with Crippen LogP contribution in [0, 0.1) is 0 Å². The number of aliphatic hydroxyl groups is 1. The fraction of sp³-hybridized carbons (Fsp3) is 0.316. The van der Waals surface area contributed by atoms with Gasteiger partial charge in [0.2, 0.25) is 5.91 Å². The molecule has 0 saturated carbocycles. The van der Waals surface area contributed by atoms with Crippen LogP contribution in [0.25, 0.3) is 11.1 Å². The molecule has 0 spiro atoms.